The van der Waals surface area contributed by atoms with Gasteiger partial charge in [0.15, 0.2) is 5.65 Å². The Labute approximate surface area is 215 Å². The lowest BCUT2D eigenvalue weighted by Gasteiger charge is -2.20. The number of benzene rings is 2. The van der Waals surface area contributed by atoms with Gasteiger partial charge in [-0.25, -0.2) is 14.3 Å². The molecule has 0 aliphatic carbocycles. The van der Waals surface area contributed by atoms with Crippen LogP contribution in [0.15, 0.2) is 73.1 Å². The van der Waals surface area contributed by atoms with E-state index < -0.39 is 13.5 Å². The average molecular weight is 539 g/mol. The Morgan fingerprint density at radius 2 is 1.89 bits per heavy atom. The van der Waals surface area contributed by atoms with Crippen molar-refractivity contribution in [2.24, 2.45) is 0 Å². The monoisotopic (exact) mass is 538 g/mol. The summed E-state index contributed by atoms with van der Waals surface area (Å²) in [5.41, 5.74) is 4.13. The number of hydrogen-bond acceptors (Lipinski definition) is 6. The minimum atomic E-state index is -3.62. The molecule has 0 aliphatic rings. The second-order valence-electron chi connectivity index (χ2n) is 7.96. The van der Waals surface area contributed by atoms with Gasteiger partial charge >= 0.3 is 13.5 Å². The van der Waals surface area contributed by atoms with Crippen LogP contribution in [0.3, 0.4) is 0 Å². The number of aromatic nitrogens is 3. The number of halogens is 1. The van der Waals surface area contributed by atoms with Gasteiger partial charge in [-0.2, -0.15) is 5.10 Å². The zero-order chi connectivity index (χ0) is 25.4. The van der Waals surface area contributed by atoms with Crippen LogP contribution in [0.1, 0.15) is 15.2 Å². The summed E-state index contributed by atoms with van der Waals surface area (Å²) in [7, 11) is -2.30. The Morgan fingerprint density at radius 3 is 2.56 bits per heavy atom. The third-order valence-electron chi connectivity index (χ3n) is 5.63. The number of carboxylic acids is 1. The van der Waals surface area contributed by atoms with Crippen molar-refractivity contribution in [2.75, 3.05) is 12.2 Å². The van der Waals surface area contributed by atoms with Gasteiger partial charge in [-0.15, -0.1) is 11.3 Å². The molecule has 0 amide bonds. The summed E-state index contributed by atoms with van der Waals surface area (Å²) in [6.45, 7) is 1.77. The Bertz CT molecular complexity index is 1610. The first kappa shape index (κ1) is 24.2. The van der Waals surface area contributed by atoms with Crippen molar-refractivity contribution in [1.82, 2.24) is 14.6 Å². The summed E-state index contributed by atoms with van der Waals surface area (Å²) in [4.78, 5) is 17.0. The van der Waals surface area contributed by atoms with E-state index in [0.29, 0.717) is 20.8 Å². The lowest BCUT2D eigenvalue weighted by atomic mass is 10.1. The molecule has 36 heavy (non-hydrogen) atoms. The molecule has 5 aromatic rings. The number of nitrogens with one attached hydrogen (secondary N) is 1. The van der Waals surface area contributed by atoms with Gasteiger partial charge in [0.2, 0.25) is 0 Å². The fraction of sp³-hybridized carbons (Fsp3) is 0.0800. The molecule has 0 saturated carbocycles. The molecule has 3 aromatic heterocycles. The molecule has 0 aliphatic heterocycles. The minimum absolute atomic E-state index is 0.0318. The minimum Gasteiger partial charge on any atom is -0.477 e. The molecule has 11 heteroatoms. The Morgan fingerprint density at radius 1 is 1.14 bits per heavy atom. The second-order valence-corrected chi connectivity index (χ2v) is 11.6. The summed E-state index contributed by atoms with van der Waals surface area (Å²) in [5, 5.41) is 18.2. The van der Waals surface area contributed by atoms with Crippen LogP contribution in [0, 0.1) is 6.92 Å². The predicted octanol–water partition coefficient (Wildman–Crippen LogP) is 6.36. The van der Waals surface area contributed by atoms with E-state index in [1.165, 1.54) is 7.11 Å². The summed E-state index contributed by atoms with van der Waals surface area (Å²) in [5.74, 6) is -1.13. The van der Waals surface area contributed by atoms with Crippen molar-refractivity contribution >= 4 is 53.1 Å². The van der Waals surface area contributed by atoms with E-state index in [-0.39, 0.29) is 10.6 Å². The molecule has 5 rings (SSSR count). The van der Waals surface area contributed by atoms with Gasteiger partial charge in [0, 0.05) is 41.0 Å². The Kier molecular flexibility index (Phi) is 6.40. The highest BCUT2D eigenvalue weighted by Gasteiger charge is 2.30. The maximum atomic E-state index is 13.7. The van der Waals surface area contributed by atoms with E-state index in [1.54, 1.807) is 41.9 Å². The first-order chi connectivity index (χ1) is 17.3. The van der Waals surface area contributed by atoms with Crippen LogP contribution in [0.2, 0.25) is 5.02 Å². The molecule has 0 spiro atoms. The topological polar surface area (TPSA) is 106 Å². The van der Waals surface area contributed by atoms with Gasteiger partial charge in [0.25, 0.3) is 0 Å². The fourth-order valence-electron chi connectivity index (χ4n) is 3.86. The summed E-state index contributed by atoms with van der Waals surface area (Å²) in [6.07, 6.45) is 3.54. The number of anilines is 1. The fourth-order valence-corrected chi connectivity index (χ4v) is 6.83. The molecule has 0 fully saturated rings. The molecule has 0 saturated heterocycles. The van der Waals surface area contributed by atoms with E-state index in [1.807, 2.05) is 42.6 Å². The Balaban J connectivity index is 1.48. The number of nitrogens with zero attached hydrogens (tertiary/aromatic N) is 3. The summed E-state index contributed by atoms with van der Waals surface area (Å²) in [6, 6.07) is 17.9. The van der Waals surface area contributed by atoms with Crippen LogP contribution < -0.4 is 10.4 Å². The molecular formula is C25H20ClN4O4PS. The first-order valence-electron chi connectivity index (χ1n) is 10.8. The molecule has 3 heterocycles. The number of aryl methyl sites for hydroxylation is 1. The van der Waals surface area contributed by atoms with Crippen LogP contribution >= 0.6 is 30.5 Å². The highest BCUT2D eigenvalue weighted by Crippen LogP contribution is 2.49. The number of carboxylic acid groups (broad SMARTS) is 1. The molecule has 2 N–H and O–H groups in total. The third kappa shape index (κ3) is 4.54. The van der Waals surface area contributed by atoms with Crippen molar-refractivity contribution < 1.29 is 19.0 Å². The first-order valence-corrected chi connectivity index (χ1v) is 13.6. The van der Waals surface area contributed by atoms with Gasteiger partial charge in [-0.1, -0.05) is 35.9 Å². The van der Waals surface area contributed by atoms with E-state index >= 15 is 0 Å². The lowest BCUT2D eigenvalue weighted by Crippen LogP contribution is -2.16. The van der Waals surface area contributed by atoms with Crippen molar-refractivity contribution in [1.29, 1.82) is 0 Å². The normalized spacial score (nSPS) is 13.0. The van der Waals surface area contributed by atoms with Crippen LogP contribution in [0.25, 0.3) is 27.3 Å². The zero-order valence-corrected chi connectivity index (χ0v) is 21.6. The van der Waals surface area contributed by atoms with Crippen LogP contribution in [-0.2, 0) is 9.09 Å². The molecular weight excluding hydrogens is 519 g/mol. The standard InChI is InChI=1S/C25H20ClN4O4PS/c1-15-12-18(26)8-9-21(15)35(33,34-2)29-20-13-22(36-24(20)25(31)32)17-6-4-16(5-7-17)19-14-23-27-10-3-11-30(23)28-19/h3-14H,1-2H3,(H,29,33)(H,31,32). The zero-order valence-electron chi connectivity index (χ0n) is 19.2. The van der Waals surface area contributed by atoms with Crippen LogP contribution in [-0.4, -0.2) is 32.8 Å². The smallest absolute Gasteiger partial charge is 0.348 e. The van der Waals surface area contributed by atoms with E-state index in [2.05, 4.69) is 15.2 Å². The van der Waals surface area contributed by atoms with Gasteiger partial charge in [0.05, 0.1) is 16.7 Å². The SMILES string of the molecule is COP(=O)(Nc1cc(-c2ccc(-c3cc4ncccn4n3)cc2)sc1C(=O)O)c1ccc(Cl)cc1C. The quantitative estimate of drug-likeness (QED) is 0.232. The molecule has 2 aromatic carbocycles. The maximum Gasteiger partial charge on any atom is 0.348 e. The molecule has 0 bridgehead atoms. The maximum absolute atomic E-state index is 13.7. The van der Waals surface area contributed by atoms with E-state index in [0.717, 1.165) is 33.8 Å². The third-order valence-corrected chi connectivity index (χ3v) is 9.22. The van der Waals surface area contributed by atoms with Crippen LogP contribution in [0.5, 0.6) is 0 Å². The molecule has 1 atom stereocenters. The van der Waals surface area contributed by atoms with Crippen LogP contribution in [0.4, 0.5) is 5.69 Å². The Hall–Kier alpha value is -3.49. The predicted molar refractivity (Wildman–Crippen MR) is 143 cm³/mol. The number of rotatable bonds is 7. The number of fused-ring (bicyclic) bond motifs is 1. The molecule has 0 radical (unpaired) electrons. The highest BCUT2D eigenvalue weighted by molar-refractivity contribution is 7.68. The highest BCUT2D eigenvalue weighted by atomic mass is 35.5. The molecule has 1 unspecified atom stereocenters. The van der Waals surface area contributed by atoms with Crippen molar-refractivity contribution in [2.45, 2.75) is 6.92 Å². The van der Waals surface area contributed by atoms with Crippen molar-refractivity contribution in [3.8, 4) is 21.7 Å². The second kappa shape index (κ2) is 9.52. The van der Waals surface area contributed by atoms with Gasteiger partial charge < -0.3 is 14.7 Å². The van der Waals surface area contributed by atoms with E-state index in [4.69, 9.17) is 16.1 Å². The number of carbonyl (C=O) groups is 1. The largest absolute Gasteiger partial charge is 0.477 e. The van der Waals surface area contributed by atoms with E-state index in [9.17, 15) is 14.5 Å². The average Bonchev–Trinajstić information content (AvgIpc) is 3.48. The number of hydrogen-bond donors (Lipinski definition) is 2. The summed E-state index contributed by atoms with van der Waals surface area (Å²) < 4.78 is 20.8. The van der Waals surface area contributed by atoms with Gasteiger partial charge in [-0.05, 0) is 48.4 Å². The van der Waals surface area contributed by atoms with Gasteiger partial charge in [0.1, 0.15) is 4.88 Å². The van der Waals surface area contributed by atoms with Crippen molar-refractivity contribution in [3.05, 3.63) is 88.5 Å². The van der Waals surface area contributed by atoms with Gasteiger partial charge in [-0.3, -0.25) is 4.57 Å². The molecule has 8 nitrogen and oxygen atoms in total. The number of thiophene rings is 1. The van der Waals surface area contributed by atoms with Crippen molar-refractivity contribution in [3.63, 3.8) is 0 Å². The molecule has 182 valence electrons. The summed E-state index contributed by atoms with van der Waals surface area (Å²) >= 11 is 7.13. The number of aromatic carboxylic acids is 1. The lowest BCUT2D eigenvalue weighted by molar-refractivity contribution is 0.0703.